The van der Waals surface area contributed by atoms with E-state index in [4.69, 9.17) is 19.9 Å². The lowest BCUT2D eigenvalue weighted by Crippen LogP contribution is -2.51. The van der Waals surface area contributed by atoms with Gasteiger partial charge in [0.2, 0.25) is 0 Å². The summed E-state index contributed by atoms with van der Waals surface area (Å²) in [4.78, 5) is 21.1. The van der Waals surface area contributed by atoms with Crippen LogP contribution in [-0.4, -0.2) is 59.6 Å². The third kappa shape index (κ3) is 6.41. The number of aliphatic hydroxyl groups is 1. The minimum absolute atomic E-state index is 0.0164. The van der Waals surface area contributed by atoms with Crippen LogP contribution in [0.1, 0.15) is 42.4 Å². The first-order chi connectivity index (χ1) is 19.1. The molecule has 4 rings (SSSR count). The Bertz CT molecular complexity index is 1340. The van der Waals surface area contributed by atoms with Gasteiger partial charge in [0.1, 0.15) is 41.2 Å². The second kappa shape index (κ2) is 12.7. The van der Waals surface area contributed by atoms with Gasteiger partial charge in [-0.25, -0.2) is 18.2 Å². The van der Waals surface area contributed by atoms with Gasteiger partial charge in [-0.15, -0.1) is 0 Å². The molecular formula is C28H31F3N4O5. The molecule has 214 valence electrons. The second-order valence-electron chi connectivity index (χ2n) is 9.77. The van der Waals surface area contributed by atoms with Crippen molar-refractivity contribution in [3.8, 4) is 17.0 Å². The molecule has 0 aliphatic carbocycles. The van der Waals surface area contributed by atoms with E-state index in [-0.39, 0.29) is 36.3 Å². The van der Waals surface area contributed by atoms with Gasteiger partial charge in [-0.05, 0) is 30.5 Å². The average Bonchev–Trinajstić information content (AvgIpc) is 2.91. The molecule has 1 amide bonds. The molecule has 2 aromatic heterocycles. The number of anilines is 1. The third-order valence-corrected chi connectivity index (χ3v) is 6.58. The molecule has 12 heteroatoms. The van der Waals surface area contributed by atoms with E-state index in [2.05, 4.69) is 15.3 Å². The summed E-state index contributed by atoms with van der Waals surface area (Å²) >= 11 is 0. The normalized spacial score (nSPS) is 20.9. The van der Waals surface area contributed by atoms with Gasteiger partial charge in [0.05, 0.1) is 42.4 Å². The number of carbonyl (C=O) groups excluding carboxylic acids is 1. The van der Waals surface area contributed by atoms with Crippen molar-refractivity contribution >= 4 is 11.6 Å². The van der Waals surface area contributed by atoms with Crippen LogP contribution in [0, 0.1) is 23.4 Å². The van der Waals surface area contributed by atoms with Crippen molar-refractivity contribution < 1.29 is 37.3 Å². The predicted octanol–water partition coefficient (Wildman–Crippen LogP) is 4.01. The lowest BCUT2D eigenvalue weighted by Gasteiger charge is -2.40. The van der Waals surface area contributed by atoms with Crippen LogP contribution in [0.4, 0.5) is 18.9 Å². The van der Waals surface area contributed by atoms with Crippen LogP contribution in [0.2, 0.25) is 0 Å². The van der Waals surface area contributed by atoms with Crippen LogP contribution in [-0.2, 0) is 9.47 Å². The first-order valence-electron chi connectivity index (χ1n) is 12.7. The summed E-state index contributed by atoms with van der Waals surface area (Å²) in [5.41, 5.74) is 5.32. The lowest BCUT2D eigenvalue weighted by molar-refractivity contribution is -0.145. The number of halogens is 3. The lowest BCUT2D eigenvalue weighted by atomic mass is 9.88. The summed E-state index contributed by atoms with van der Waals surface area (Å²) in [7, 11) is 1.45. The molecule has 1 aromatic carbocycles. The van der Waals surface area contributed by atoms with E-state index < -0.39 is 59.0 Å². The summed E-state index contributed by atoms with van der Waals surface area (Å²) in [5, 5.41) is 13.1. The Morgan fingerprint density at radius 3 is 2.58 bits per heavy atom. The molecule has 1 fully saturated rings. The molecule has 1 aliphatic rings. The molecule has 0 bridgehead atoms. The summed E-state index contributed by atoms with van der Waals surface area (Å²) in [5.74, 6) is -4.13. The van der Waals surface area contributed by atoms with E-state index in [9.17, 15) is 23.1 Å². The monoisotopic (exact) mass is 560 g/mol. The number of rotatable bonds is 9. The number of ether oxygens (including phenoxy) is 3. The first-order valence-corrected chi connectivity index (χ1v) is 12.7. The Labute approximate surface area is 229 Å². The summed E-state index contributed by atoms with van der Waals surface area (Å²) < 4.78 is 60.6. The zero-order valence-corrected chi connectivity index (χ0v) is 22.2. The number of amides is 1. The molecule has 0 saturated carbocycles. The van der Waals surface area contributed by atoms with Crippen molar-refractivity contribution in [2.24, 2.45) is 11.7 Å². The van der Waals surface area contributed by atoms with Crippen molar-refractivity contribution in [1.82, 2.24) is 9.97 Å². The predicted molar refractivity (Wildman–Crippen MR) is 140 cm³/mol. The maximum atomic E-state index is 14.9. The maximum absolute atomic E-state index is 14.9. The van der Waals surface area contributed by atoms with Gasteiger partial charge in [-0.2, -0.15) is 0 Å². The number of benzene rings is 1. The quantitative estimate of drug-likeness (QED) is 0.335. The van der Waals surface area contributed by atoms with Gasteiger partial charge in [0.15, 0.2) is 0 Å². The first kappa shape index (κ1) is 29.4. The molecule has 0 unspecified atom stereocenters. The molecule has 4 N–H and O–H groups in total. The van der Waals surface area contributed by atoms with Gasteiger partial charge in [-0.3, -0.25) is 9.78 Å². The van der Waals surface area contributed by atoms with Crippen LogP contribution < -0.4 is 15.8 Å². The maximum Gasteiger partial charge on any atom is 0.274 e. The highest BCUT2D eigenvalue weighted by Crippen LogP contribution is 2.37. The van der Waals surface area contributed by atoms with Gasteiger partial charge < -0.3 is 30.4 Å². The Hall–Kier alpha value is -3.58. The largest absolute Gasteiger partial charge is 0.491 e. The summed E-state index contributed by atoms with van der Waals surface area (Å²) in [6, 6.07) is 4.92. The Balaban J connectivity index is 1.59. The Morgan fingerprint density at radius 2 is 1.90 bits per heavy atom. The smallest absolute Gasteiger partial charge is 0.274 e. The fourth-order valence-corrected chi connectivity index (χ4v) is 4.53. The number of nitrogens with two attached hydrogens (primary N) is 1. The minimum Gasteiger partial charge on any atom is -0.491 e. The summed E-state index contributed by atoms with van der Waals surface area (Å²) in [6.07, 6.45) is 1.31. The molecule has 1 saturated heterocycles. The standard InChI is InChI=1S/C28H31F3N4O5/c1-14(2)27-26(36)20(32)12-23(40-27)16-6-7-33-13-22(16)35-28(37)21-5-4-17(29)25(34-21)24-18(30)10-15(11-19(24)31)39-9-8-38-3/h4-7,10-11,13-14,20,23,26-27,36H,8-9,12,32H2,1-3H3,(H,35,37)/t20-,23-,26+,27-/m1/s1. The van der Waals surface area contributed by atoms with Crippen LogP contribution >= 0.6 is 0 Å². The second-order valence-corrected chi connectivity index (χ2v) is 9.77. The molecule has 3 aromatic rings. The third-order valence-electron chi connectivity index (χ3n) is 6.58. The Morgan fingerprint density at radius 1 is 1.18 bits per heavy atom. The molecule has 4 atom stereocenters. The van der Waals surface area contributed by atoms with Crippen LogP contribution in [0.5, 0.6) is 5.75 Å². The highest BCUT2D eigenvalue weighted by Gasteiger charge is 2.38. The molecule has 3 heterocycles. The van der Waals surface area contributed by atoms with Gasteiger partial charge in [0.25, 0.3) is 5.91 Å². The molecule has 9 nitrogen and oxygen atoms in total. The van der Waals surface area contributed by atoms with E-state index >= 15 is 0 Å². The highest BCUT2D eigenvalue weighted by molar-refractivity contribution is 6.03. The van der Waals surface area contributed by atoms with Crippen molar-refractivity contribution in [2.75, 3.05) is 25.6 Å². The molecule has 40 heavy (non-hydrogen) atoms. The number of carbonyl (C=O) groups is 1. The zero-order chi connectivity index (χ0) is 29.0. The molecular weight excluding hydrogens is 529 g/mol. The fraction of sp³-hybridized carbons (Fsp3) is 0.393. The van der Waals surface area contributed by atoms with Gasteiger partial charge >= 0.3 is 0 Å². The fourth-order valence-electron chi connectivity index (χ4n) is 4.53. The topological polar surface area (TPSA) is 129 Å². The number of nitrogens with zero attached hydrogens (tertiary/aromatic N) is 2. The van der Waals surface area contributed by atoms with Crippen LogP contribution in [0.25, 0.3) is 11.3 Å². The summed E-state index contributed by atoms with van der Waals surface area (Å²) in [6.45, 7) is 4.08. The van der Waals surface area contributed by atoms with Crippen LogP contribution in [0.15, 0.2) is 42.7 Å². The highest BCUT2D eigenvalue weighted by atomic mass is 19.1. The van der Waals surface area contributed by atoms with Crippen LogP contribution in [0.3, 0.4) is 0 Å². The van der Waals surface area contributed by atoms with Crippen molar-refractivity contribution in [3.63, 3.8) is 0 Å². The van der Waals surface area contributed by atoms with Gasteiger partial charge in [0, 0.05) is 37.0 Å². The molecule has 1 aliphatic heterocycles. The number of aliphatic hydroxyl groups excluding tert-OH is 1. The number of pyridine rings is 2. The van der Waals surface area contributed by atoms with Crippen molar-refractivity contribution in [2.45, 2.75) is 44.6 Å². The van der Waals surface area contributed by atoms with E-state index in [0.29, 0.717) is 12.0 Å². The number of hydrogen-bond donors (Lipinski definition) is 3. The van der Waals surface area contributed by atoms with E-state index in [1.165, 1.54) is 19.5 Å². The van der Waals surface area contributed by atoms with E-state index in [0.717, 1.165) is 24.3 Å². The molecule has 0 radical (unpaired) electrons. The van der Waals surface area contributed by atoms with E-state index in [1.807, 2.05) is 13.8 Å². The number of nitrogens with one attached hydrogen (secondary N) is 1. The Kier molecular flexibility index (Phi) is 9.36. The number of methoxy groups -OCH3 is 1. The van der Waals surface area contributed by atoms with Crippen molar-refractivity contribution in [1.29, 1.82) is 0 Å². The molecule has 0 spiro atoms. The van der Waals surface area contributed by atoms with Crippen molar-refractivity contribution in [3.05, 3.63) is 71.4 Å². The van der Waals surface area contributed by atoms with Gasteiger partial charge in [-0.1, -0.05) is 13.8 Å². The average molecular weight is 561 g/mol. The number of hydrogen-bond acceptors (Lipinski definition) is 8. The number of aromatic nitrogens is 2. The zero-order valence-electron chi connectivity index (χ0n) is 22.2. The van der Waals surface area contributed by atoms with E-state index in [1.54, 1.807) is 6.07 Å². The minimum atomic E-state index is -1.11. The SMILES string of the molecule is COCCOc1cc(F)c(-c2nc(C(=O)Nc3cnccc3[C@H]3C[C@@H](N)[C@H](O)[C@@H](C(C)C)O3)ccc2F)c(F)c1.